The van der Waals surface area contributed by atoms with Crippen molar-refractivity contribution >= 4 is 29.3 Å². The topological polar surface area (TPSA) is 61.4 Å². The van der Waals surface area contributed by atoms with Crippen molar-refractivity contribution in [1.82, 2.24) is 10.2 Å². The lowest BCUT2D eigenvalue weighted by Crippen LogP contribution is -2.43. The molecule has 1 heterocycles. The normalized spacial score (nSPS) is 17.1. The van der Waals surface area contributed by atoms with E-state index in [-0.39, 0.29) is 18.0 Å². The summed E-state index contributed by atoms with van der Waals surface area (Å²) in [6, 6.07) is 3.94. The number of rotatable bonds is 7. The summed E-state index contributed by atoms with van der Waals surface area (Å²) in [5, 5.41) is 4.63. The van der Waals surface area contributed by atoms with Crippen LogP contribution in [0.1, 0.15) is 39.7 Å². The molecule has 1 aromatic rings. The number of amides is 2. The van der Waals surface area contributed by atoms with Gasteiger partial charge in [0, 0.05) is 36.5 Å². The summed E-state index contributed by atoms with van der Waals surface area (Å²) in [5.41, 5.74) is -0.686. The average molecular weight is 417 g/mol. The Labute approximate surface area is 167 Å². The van der Waals surface area contributed by atoms with Gasteiger partial charge >= 0.3 is 6.18 Å². The van der Waals surface area contributed by atoms with Crippen molar-refractivity contribution in [3.05, 3.63) is 23.8 Å². The molecule has 2 N–H and O–H groups in total. The monoisotopic (exact) mass is 417 g/mol. The van der Waals surface area contributed by atoms with Crippen LogP contribution in [-0.4, -0.2) is 47.1 Å². The molecule has 9 heteroatoms. The Bertz CT molecular complexity index is 715. The number of nitrogens with zero attached hydrogens (tertiary/aromatic N) is 1. The number of carbonyl (C=O) groups excluding carboxylic acids is 2. The van der Waals surface area contributed by atoms with E-state index in [0.717, 1.165) is 23.9 Å². The molecule has 156 valence electrons. The number of carbonyl (C=O) groups is 2. The Morgan fingerprint density at radius 2 is 1.89 bits per heavy atom. The van der Waals surface area contributed by atoms with Gasteiger partial charge in [0.25, 0.3) is 0 Å². The number of hydrogen-bond acceptors (Lipinski definition) is 4. The van der Waals surface area contributed by atoms with Crippen LogP contribution in [0.25, 0.3) is 0 Å². The first kappa shape index (κ1) is 22.5. The van der Waals surface area contributed by atoms with E-state index in [2.05, 4.69) is 43.2 Å². The maximum absolute atomic E-state index is 12.8. The third-order valence-electron chi connectivity index (χ3n) is 4.52. The standard InChI is InChI=1S/C19H26F3N3O2S/c1-11(2)25(12(3)4)8-7-23-17(26)10-16-18(27)24-14-9-13(19(20,21)22)5-6-15(14)28-16/h5-6,9,11-12,16H,7-8,10H2,1-4H3,(H,23,26)(H,24,27)/t16-/m0/s1. The van der Waals surface area contributed by atoms with Gasteiger partial charge in [-0.15, -0.1) is 11.8 Å². The third kappa shape index (κ3) is 5.88. The van der Waals surface area contributed by atoms with Crippen molar-refractivity contribution in [2.45, 2.75) is 62.5 Å². The van der Waals surface area contributed by atoms with E-state index < -0.39 is 22.9 Å². The van der Waals surface area contributed by atoms with Crippen LogP contribution in [0.15, 0.2) is 23.1 Å². The van der Waals surface area contributed by atoms with Gasteiger partial charge in [0.2, 0.25) is 11.8 Å². The summed E-state index contributed by atoms with van der Waals surface area (Å²) in [6.45, 7) is 9.53. The molecule has 1 aliphatic heterocycles. The highest BCUT2D eigenvalue weighted by Crippen LogP contribution is 2.40. The van der Waals surface area contributed by atoms with Gasteiger partial charge in [-0.1, -0.05) is 0 Å². The highest BCUT2D eigenvalue weighted by Gasteiger charge is 2.34. The zero-order chi connectivity index (χ0) is 21.1. The predicted molar refractivity (Wildman–Crippen MR) is 104 cm³/mol. The first-order chi connectivity index (χ1) is 13.0. The molecule has 2 amide bonds. The largest absolute Gasteiger partial charge is 0.416 e. The zero-order valence-corrected chi connectivity index (χ0v) is 17.2. The lowest BCUT2D eigenvalue weighted by Gasteiger charge is -2.30. The van der Waals surface area contributed by atoms with Crippen molar-refractivity contribution in [3.63, 3.8) is 0 Å². The Balaban J connectivity index is 1.91. The number of halogens is 3. The highest BCUT2D eigenvalue weighted by molar-refractivity contribution is 8.01. The quantitative estimate of drug-likeness (QED) is 0.710. The second kappa shape index (κ2) is 9.17. The zero-order valence-electron chi connectivity index (χ0n) is 16.4. The molecule has 1 atom stereocenters. The maximum Gasteiger partial charge on any atom is 0.416 e. The lowest BCUT2D eigenvalue weighted by molar-refractivity contribution is -0.137. The summed E-state index contributed by atoms with van der Waals surface area (Å²) in [4.78, 5) is 27.2. The molecule has 5 nitrogen and oxygen atoms in total. The van der Waals surface area contributed by atoms with Crippen LogP contribution in [-0.2, 0) is 15.8 Å². The van der Waals surface area contributed by atoms with Crippen molar-refractivity contribution in [1.29, 1.82) is 0 Å². The van der Waals surface area contributed by atoms with Crippen LogP contribution in [0, 0.1) is 0 Å². The van der Waals surface area contributed by atoms with E-state index in [4.69, 9.17) is 0 Å². The molecule has 0 saturated heterocycles. The molecule has 0 aliphatic carbocycles. The molecular weight excluding hydrogens is 391 g/mol. The van der Waals surface area contributed by atoms with Crippen molar-refractivity contribution < 1.29 is 22.8 Å². The number of alkyl halides is 3. The third-order valence-corrected chi connectivity index (χ3v) is 5.79. The molecule has 0 spiro atoms. The second-order valence-electron chi connectivity index (χ2n) is 7.28. The minimum absolute atomic E-state index is 0.0275. The van der Waals surface area contributed by atoms with Crippen molar-refractivity contribution in [2.75, 3.05) is 18.4 Å². The molecule has 0 radical (unpaired) electrons. The molecular formula is C19H26F3N3O2S. The van der Waals surface area contributed by atoms with Gasteiger partial charge in [-0.2, -0.15) is 13.2 Å². The van der Waals surface area contributed by atoms with Gasteiger partial charge in [0.05, 0.1) is 16.5 Å². The molecule has 0 fully saturated rings. The highest BCUT2D eigenvalue weighted by atomic mass is 32.2. The molecule has 0 saturated carbocycles. The van der Waals surface area contributed by atoms with Gasteiger partial charge in [0.15, 0.2) is 0 Å². The summed E-state index contributed by atoms with van der Waals surface area (Å²) >= 11 is 1.11. The molecule has 0 aromatic heterocycles. The number of thioether (sulfide) groups is 1. The van der Waals surface area contributed by atoms with Crippen LogP contribution in [0.4, 0.5) is 18.9 Å². The van der Waals surface area contributed by atoms with Crippen LogP contribution in [0.3, 0.4) is 0 Å². The van der Waals surface area contributed by atoms with Crippen LogP contribution in [0.5, 0.6) is 0 Å². The fraction of sp³-hybridized carbons (Fsp3) is 0.579. The van der Waals surface area contributed by atoms with Gasteiger partial charge in [-0.05, 0) is 45.9 Å². The number of hydrogen-bond donors (Lipinski definition) is 2. The van der Waals surface area contributed by atoms with Crippen molar-refractivity contribution in [3.8, 4) is 0 Å². The summed E-state index contributed by atoms with van der Waals surface area (Å²) in [7, 11) is 0. The van der Waals surface area contributed by atoms with Gasteiger partial charge in [0.1, 0.15) is 0 Å². The summed E-state index contributed by atoms with van der Waals surface area (Å²) in [6.07, 6.45) is -4.50. The Hall–Kier alpha value is -1.74. The van der Waals surface area contributed by atoms with Crippen molar-refractivity contribution in [2.24, 2.45) is 0 Å². The van der Waals surface area contributed by atoms with Gasteiger partial charge in [-0.25, -0.2) is 0 Å². The van der Waals surface area contributed by atoms with Gasteiger partial charge < -0.3 is 10.6 Å². The number of nitrogens with one attached hydrogen (secondary N) is 2. The van der Waals surface area contributed by atoms with E-state index in [1.165, 1.54) is 6.07 Å². The number of benzene rings is 1. The summed E-state index contributed by atoms with van der Waals surface area (Å²) in [5.74, 6) is -0.714. The van der Waals surface area contributed by atoms with Crippen LogP contribution >= 0.6 is 11.8 Å². The van der Waals surface area contributed by atoms with E-state index >= 15 is 0 Å². The second-order valence-corrected chi connectivity index (χ2v) is 8.53. The average Bonchev–Trinajstić information content (AvgIpc) is 2.57. The van der Waals surface area contributed by atoms with Crippen LogP contribution in [0.2, 0.25) is 0 Å². The Kier molecular flexibility index (Phi) is 7.39. The Morgan fingerprint density at radius 1 is 1.25 bits per heavy atom. The molecule has 2 rings (SSSR count). The first-order valence-corrected chi connectivity index (χ1v) is 10.1. The SMILES string of the molecule is CC(C)N(CCNC(=O)C[C@@H]1Sc2ccc(C(F)(F)F)cc2NC1=O)C(C)C. The maximum atomic E-state index is 12.8. The predicted octanol–water partition coefficient (Wildman–Crippen LogP) is 3.74. The van der Waals surface area contributed by atoms with Crippen LogP contribution < -0.4 is 10.6 Å². The fourth-order valence-electron chi connectivity index (χ4n) is 3.14. The smallest absolute Gasteiger partial charge is 0.355 e. The van der Waals surface area contributed by atoms with E-state index in [9.17, 15) is 22.8 Å². The molecule has 1 aromatic carbocycles. The minimum Gasteiger partial charge on any atom is -0.355 e. The summed E-state index contributed by atoms with van der Waals surface area (Å²) < 4.78 is 38.4. The van der Waals surface area contributed by atoms with E-state index in [1.807, 2.05) is 0 Å². The number of anilines is 1. The first-order valence-electron chi connectivity index (χ1n) is 9.20. The van der Waals surface area contributed by atoms with E-state index in [1.54, 1.807) is 0 Å². The molecule has 1 aliphatic rings. The Morgan fingerprint density at radius 3 is 2.46 bits per heavy atom. The lowest BCUT2D eigenvalue weighted by atomic mass is 10.1. The molecule has 28 heavy (non-hydrogen) atoms. The van der Waals surface area contributed by atoms with Gasteiger partial charge in [-0.3, -0.25) is 14.5 Å². The minimum atomic E-state index is -4.47. The molecule has 0 unspecified atom stereocenters. The van der Waals surface area contributed by atoms with E-state index in [0.29, 0.717) is 30.1 Å². The number of fused-ring (bicyclic) bond motifs is 1. The molecule has 0 bridgehead atoms. The fourth-order valence-corrected chi connectivity index (χ4v) is 4.23.